The van der Waals surface area contributed by atoms with Crippen LogP contribution in [-0.2, 0) is 16.0 Å². The number of nitrogens with one attached hydrogen (secondary N) is 1. The van der Waals surface area contributed by atoms with E-state index in [4.69, 9.17) is 16.1 Å². The van der Waals surface area contributed by atoms with E-state index in [1.54, 1.807) is 29.2 Å². The van der Waals surface area contributed by atoms with Gasteiger partial charge in [-0.2, -0.15) is 4.98 Å². The molecule has 1 fully saturated rings. The molecule has 0 saturated carbocycles. The lowest BCUT2D eigenvalue weighted by Gasteiger charge is -2.15. The van der Waals surface area contributed by atoms with Crippen LogP contribution in [0, 0.1) is 0 Å². The molecule has 1 aliphatic rings. The Morgan fingerprint density at radius 2 is 1.92 bits per heavy atom. The highest BCUT2D eigenvalue weighted by molar-refractivity contribution is 6.30. The molecule has 0 radical (unpaired) electrons. The summed E-state index contributed by atoms with van der Waals surface area (Å²) in [5.74, 6) is 0.592. The second kappa shape index (κ2) is 8.11. The first-order valence-corrected chi connectivity index (χ1v) is 8.62. The van der Waals surface area contributed by atoms with Crippen molar-refractivity contribution in [1.29, 1.82) is 0 Å². The van der Waals surface area contributed by atoms with Crippen LogP contribution in [0.1, 0.15) is 25.2 Å². The SMILES string of the molecule is O=C(CCc1nc(-c2ccc(Cl)cc2)no1)NCC(=O)N1CCCC1. The highest BCUT2D eigenvalue weighted by atomic mass is 35.5. The van der Waals surface area contributed by atoms with Crippen molar-refractivity contribution in [1.82, 2.24) is 20.4 Å². The average Bonchev–Trinajstić information content (AvgIpc) is 3.30. The fraction of sp³-hybridized carbons (Fsp3) is 0.412. The summed E-state index contributed by atoms with van der Waals surface area (Å²) in [5, 5.41) is 7.17. The van der Waals surface area contributed by atoms with Gasteiger partial charge in [-0.15, -0.1) is 0 Å². The second-order valence-corrected chi connectivity index (χ2v) is 6.32. The van der Waals surface area contributed by atoms with Crippen molar-refractivity contribution in [3.63, 3.8) is 0 Å². The van der Waals surface area contributed by atoms with Gasteiger partial charge in [0.15, 0.2) is 0 Å². The van der Waals surface area contributed by atoms with Gasteiger partial charge in [-0.05, 0) is 37.1 Å². The van der Waals surface area contributed by atoms with Crippen molar-refractivity contribution < 1.29 is 14.1 Å². The number of likely N-dealkylation sites (tertiary alicyclic amines) is 1. The van der Waals surface area contributed by atoms with Crippen LogP contribution in [0.4, 0.5) is 0 Å². The van der Waals surface area contributed by atoms with Crippen LogP contribution < -0.4 is 5.32 Å². The van der Waals surface area contributed by atoms with Crippen LogP contribution in [0.3, 0.4) is 0 Å². The van der Waals surface area contributed by atoms with E-state index in [2.05, 4.69) is 15.5 Å². The number of halogens is 1. The summed E-state index contributed by atoms with van der Waals surface area (Å²) < 4.78 is 5.16. The molecule has 7 nitrogen and oxygen atoms in total. The van der Waals surface area contributed by atoms with Crippen molar-refractivity contribution in [3.05, 3.63) is 35.2 Å². The predicted molar refractivity (Wildman–Crippen MR) is 91.9 cm³/mol. The number of amides is 2. The first-order valence-electron chi connectivity index (χ1n) is 8.25. The monoisotopic (exact) mass is 362 g/mol. The molecule has 0 spiro atoms. The minimum atomic E-state index is -0.209. The van der Waals surface area contributed by atoms with Gasteiger partial charge < -0.3 is 14.7 Å². The van der Waals surface area contributed by atoms with Gasteiger partial charge in [0.1, 0.15) is 0 Å². The van der Waals surface area contributed by atoms with E-state index in [1.165, 1.54) is 0 Å². The zero-order valence-electron chi connectivity index (χ0n) is 13.7. The van der Waals surface area contributed by atoms with E-state index in [-0.39, 0.29) is 24.8 Å². The number of hydrogen-bond donors (Lipinski definition) is 1. The minimum absolute atomic E-state index is 0.0336. The molecule has 2 amide bonds. The molecule has 8 heteroatoms. The molecular formula is C17H19ClN4O3. The lowest BCUT2D eigenvalue weighted by Crippen LogP contribution is -2.38. The fourth-order valence-electron chi connectivity index (χ4n) is 2.63. The third-order valence-corrected chi connectivity index (χ3v) is 4.28. The van der Waals surface area contributed by atoms with Gasteiger partial charge in [0.2, 0.25) is 23.5 Å². The van der Waals surface area contributed by atoms with Crippen molar-refractivity contribution in [2.24, 2.45) is 0 Å². The maximum atomic E-state index is 11.9. The van der Waals surface area contributed by atoms with Crippen LogP contribution in [0.15, 0.2) is 28.8 Å². The summed E-state index contributed by atoms with van der Waals surface area (Å²) in [7, 11) is 0. The molecule has 0 bridgehead atoms. The summed E-state index contributed by atoms with van der Waals surface area (Å²) in [5.41, 5.74) is 0.792. The standard InChI is InChI=1S/C17H19ClN4O3/c18-13-5-3-12(4-6-13)17-20-15(25-21-17)8-7-14(23)19-11-16(24)22-9-1-2-10-22/h3-6H,1-2,7-11H2,(H,19,23). The third-order valence-electron chi connectivity index (χ3n) is 4.03. The van der Waals surface area contributed by atoms with Crippen molar-refractivity contribution in [2.75, 3.05) is 19.6 Å². The molecule has 1 aliphatic heterocycles. The van der Waals surface area contributed by atoms with Crippen LogP contribution in [-0.4, -0.2) is 46.5 Å². The lowest BCUT2D eigenvalue weighted by atomic mass is 10.2. The van der Waals surface area contributed by atoms with E-state index in [0.717, 1.165) is 31.5 Å². The summed E-state index contributed by atoms with van der Waals surface area (Å²) in [4.78, 5) is 29.8. The summed E-state index contributed by atoms with van der Waals surface area (Å²) >= 11 is 5.85. The number of carbonyl (C=O) groups is 2. The predicted octanol–water partition coefficient (Wildman–Crippen LogP) is 2.06. The molecule has 1 aromatic carbocycles. The van der Waals surface area contributed by atoms with Gasteiger partial charge in [-0.25, -0.2) is 0 Å². The third kappa shape index (κ3) is 4.79. The van der Waals surface area contributed by atoms with Crippen molar-refractivity contribution in [3.8, 4) is 11.4 Å². The van der Waals surface area contributed by atoms with Crippen molar-refractivity contribution >= 4 is 23.4 Å². The quantitative estimate of drug-likeness (QED) is 0.849. The van der Waals surface area contributed by atoms with E-state index >= 15 is 0 Å². The lowest BCUT2D eigenvalue weighted by molar-refractivity contribution is -0.132. The van der Waals surface area contributed by atoms with E-state index in [1.807, 2.05) is 0 Å². The summed E-state index contributed by atoms with van der Waals surface area (Å²) in [6, 6.07) is 7.09. The number of hydrogen-bond acceptors (Lipinski definition) is 5. The number of carbonyl (C=O) groups excluding carboxylic acids is 2. The number of aryl methyl sites for hydroxylation is 1. The van der Waals surface area contributed by atoms with Gasteiger partial charge in [-0.1, -0.05) is 16.8 Å². The van der Waals surface area contributed by atoms with Crippen molar-refractivity contribution in [2.45, 2.75) is 25.7 Å². The molecule has 0 atom stereocenters. The molecule has 1 saturated heterocycles. The van der Waals surface area contributed by atoms with Gasteiger partial charge in [0.25, 0.3) is 0 Å². The van der Waals surface area contributed by atoms with E-state index in [9.17, 15) is 9.59 Å². The van der Waals surface area contributed by atoms with Gasteiger partial charge in [-0.3, -0.25) is 9.59 Å². The molecule has 1 aromatic heterocycles. The largest absolute Gasteiger partial charge is 0.347 e. The first-order chi connectivity index (χ1) is 12.1. The van der Waals surface area contributed by atoms with Gasteiger partial charge in [0.05, 0.1) is 6.54 Å². The average molecular weight is 363 g/mol. The number of aromatic nitrogens is 2. The Bertz CT molecular complexity index is 739. The Kier molecular flexibility index (Phi) is 5.65. The van der Waals surface area contributed by atoms with E-state index in [0.29, 0.717) is 23.2 Å². The second-order valence-electron chi connectivity index (χ2n) is 5.88. The number of rotatable bonds is 6. The zero-order chi connectivity index (χ0) is 17.6. The van der Waals surface area contributed by atoms with Crippen LogP contribution >= 0.6 is 11.6 Å². The Balaban J connectivity index is 1.44. The highest BCUT2D eigenvalue weighted by Crippen LogP contribution is 2.19. The van der Waals surface area contributed by atoms with Crippen LogP contribution in [0.2, 0.25) is 5.02 Å². The Labute approximate surface area is 150 Å². The van der Waals surface area contributed by atoms with Crippen LogP contribution in [0.5, 0.6) is 0 Å². The zero-order valence-corrected chi connectivity index (χ0v) is 14.5. The molecule has 3 rings (SSSR count). The highest BCUT2D eigenvalue weighted by Gasteiger charge is 2.18. The molecule has 0 unspecified atom stereocenters. The van der Waals surface area contributed by atoms with E-state index < -0.39 is 0 Å². The normalized spacial score (nSPS) is 13.9. The molecule has 0 aliphatic carbocycles. The smallest absolute Gasteiger partial charge is 0.241 e. The Hall–Kier alpha value is -2.41. The number of nitrogens with zero attached hydrogens (tertiary/aromatic N) is 3. The van der Waals surface area contributed by atoms with Gasteiger partial charge >= 0.3 is 0 Å². The summed E-state index contributed by atoms with van der Waals surface area (Å²) in [6.07, 6.45) is 2.58. The van der Waals surface area contributed by atoms with Gasteiger partial charge in [0, 0.05) is 36.5 Å². The Morgan fingerprint density at radius 3 is 2.64 bits per heavy atom. The Morgan fingerprint density at radius 1 is 1.20 bits per heavy atom. The molecule has 132 valence electrons. The maximum Gasteiger partial charge on any atom is 0.241 e. The minimum Gasteiger partial charge on any atom is -0.347 e. The molecular weight excluding hydrogens is 344 g/mol. The molecule has 25 heavy (non-hydrogen) atoms. The maximum absolute atomic E-state index is 11.9. The van der Waals surface area contributed by atoms with Crippen LogP contribution in [0.25, 0.3) is 11.4 Å². The fourth-order valence-corrected chi connectivity index (χ4v) is 2.76. The molecule has 2 aromatic rings. The molecule has 2 heterocycles. The topological polar surface area (TPSA) is 88.3 Å². The molecule has 1 N–H and O–H groups in total. The number of benzene rings is 1. The first kappa shape index (κ1) is 17.4. The summed E-state index contributed by atoms with van der Waals surface area (Å²) in [6.45, 7) is 1.60.